The summed E-state index contributed by atoms with van der Waals surface area (Å²) in [6.07, 6.45) is 0. The molecule has 0 aliphatic heterocycles. The van der Waals surface area contributed by atoms with E-state index < -0.39 is 0 Å². The molecular weight excluding hydrogens is 676 g/mol. The van der Waals surface area contributed by atoms with Crippen LogP contribution in [0.4, 0.5) is 0 Å². The van der Waals surface area contributed by atoms with Crippen molar-refractivity contribution in [3.05, 3.63) is 59.7 Å². The molecule has 2 aromatic carbocycles. The molecular formula is C16H18AuIO2Te. The number of ether oxygens (including phenoxy) is 2. The predicted molar refractivity (Wildman–Crippen MR) is 93.2 cm³/mol. The monoisotopic (exact) mass is 696 g/mol. The van der Waals surface area contributed by atoms with Crippen molar-refractivity contribution in [2.75, 3.05) is 14.2 Å². The minimum absolute atomic E-state index is 0.0237. The van der Waals surface area contributed by atoms with Crippen LogP contribution in [0.5, 0.6) is 11.5 Å². The van der Waals surface area contributed by atoms with Gasteiger partial charge in [-0.1, -0.05) is 0 Å². The van der Waals surface area contributed by atoms with Gasteiger partial charge in [0.15, 0.2) is 0 Å². The number of hydrogen-bond donors (Lipinski definition) is 0. The van der Waals surface area contributed by atoms with Gasteiger partial charge in [-0.05, 0) is 0 Å². The first-order chi connectivity index (χ1) is 10.3. The first kappa shape index (κ1) is 19.3. The zero-order chi connectivity index (χ0) is 15.5. The molecule has 0 bridgehead atoms. The van der Waals surface area contributed by atoms with Crippen molar-refractivity contribution < 1.29 is 26.7 Å². The Morgan fingerprint density at radius 1 is 0.762 bits per heavy atom. The first-order valence-corrected chi connectivity index (χ1v) is 15.7. The van der Waals surface area contributed by atoms with E-state index in [1.807, 2.05) is 24.3 Å². The second-order valence-corrected chi connectivity index (χ2v) is 7.00. The van der Waals surface area contributed by atoms with Crippen molar-refractivity contribution in [1.82, 2.24) is 0 Å². The molecule has 0 unspecified atom stereocenters. The van der Waals surface area contributed by atoms with E-state index in [1.54, 1.807) is 14.2 Å². The van der Waals surface area contributed by atoms with Crippen LogP contribution in [0, 0.1) is 0 Å². The molecule has 5 heteroatoms. The standard InChI is InChI=1S/C16H18O2Te.Au.HI/c1-17-15-7-3-13(4-8-15)11-19-12-14-5-9-16(18-2)10-6-14;;/h3-10H,11-12H2,1-2H3;;1H/q;+1;/p-1. The topological polar surface area (TPSA) is 18.5 Å². The van der Waals surface area contributed by atoms with E-state index in [0.717, 1.165) is 11.5 Å². The molecule has 0 spiro atoms. The summed E-state index contributed by atoms with van der Waals surface area (Å²) in [4.78, 5) is 0. The Kier molecular flexibility index (Phi) is 10.9. The Balaban J connectivity index is 0.00000106. The van der Waals surface area contributed by atoms with Crippen LogP contribution in [-0.2, 0) is 26.2 Å². The van der Waals surface area contributed by atoms with Crippen LogP contribution >= 0.6 is 19.0 Å². The molecule has 2 rings (SSSR count). The van der Waals surface area contributed by atoms with Crippen molar-refractivity contribution in [3.8, 4) is 11.5 Å². The maximum absolute atomic E-state index is 5.16. The Hall–Kier alpha value is 0.300. The van der Waals surface area contributed by atoms with Crippen LogP contribution in [0.15, 0.2) is 48.5 Å². The number of methoxy groups -OCH3 is 2. The van der Waals surface area contributed by atoms with Crippen molar-refractivity contribution in [3.63, 3.8) is 0 Å². The summed E-state index contributed by atoms with van der Waals surface area (Å²) >= 11 is 4.32. The Morgan fingerprint density at radius 2 is 1.10 bits per heavy atom. The third-order valence-corrected chi connectivity index (χ3v) is 5.92. The summed E-state index contributed by atoms with van der Waals surface area (Å²) in [5.74, 6) is 1.86. The fourth-order valence-corrected chi connectivity index (χ4v) is 4.47. The van der Waals surface area contributed by atoms with Crippen LogP contribution in [0.3, 0.4) is 0 Å². The maximum atomic E-state index is 5.16. The SMILES string of the molecule is COc1ccc(C[Te]Cc2ccc(OC)cc2)cc1.[I][Au]. The van der Waals surface area contributed by atoms with Gasteiger partial charge < -0.3 is 0 Å². The third kappa shape index (κ3) is 7.40. The number of rotatable bonds is 6. The van der Waals surface area contributed by atoms with Gasteiger partial charge in [0, 0.05) is 0 Å². The summed E-state index contributed by atoms with van der Waals surface area (Å²) < 4.78 is 12.8. The van der Waals surface area contributed by atoms with E-state index in [0.29, 0.717) is 0 Å². The molecule has 0 aromatic heterocycles. The summed E-state index contributed by atoms with van der Waals surface area (Å²) in [6, 6.07) is 16.8. The van der Waals surface area contributed by atoms with E-state index in [9.17, 15) is 0 Å². The van der Waals surface area contributed by atoms with Crippen LogP contribution in [0.2, 0.25) is 0 Å². The van der Waals surface area contributed by atoms with Crippen LogP contribution in [0.1, 0.15) is 11.1 Å². The zero-order valence-corrected chi connectivity index (χ0v) is 18.6. The van der Waals surface area contributed by atoms with Gasteiger partial charge in [-0.3, -0.25) is 0 Å². The Bertz CT molecular complexity index is 455. The zero-order valence-electron chi connectivity index (χ0n) is 11.9. The van der Waals surface area contributed by atoms with Gasteiger partial charge in [0.05, 0.1) is 0 Å². The normalized spacial score (nSPS) is 9.57. The number of benzene rings is 2. The van der Waals surface area contributed by atoms with E-state index in [4.69, 9.17) is 9.47 Å². The average Bonchev–Trinajstić information content (AvgIpc) is 2.58. The molecule has 0 fully saturated rings. The molecule has 0 aliphatic carbocycles. The molecule has 0 aliphatic rings. The van der Waals surface area contributed by atoms with Crippen molar-refractivity contribution in [1.29, 1.82) is 0 Å². The molecule has 0 amide bonds. The van der Waals surface area contributed by atoms with Gasteiger partial charge in [-0.2, -0.15) is 0 Å². The van der Waals surface area contributed by atoms with Gasteiger partial charge >= 0.3 is 161 Å². The summed E-state index contributed by atoms with van der Waals surface area (Å²) in [5, 5.41) is 0. The van der Waals surface area contributed by atoms with E-state index >= 15 is 0 Å². The quantitative estimate of drug-likeness (QED) is 0.337. The fraction of sp³-hybridized carbons (Fsp3) is 0.250. The Morgan fingerprint density at radius 3 is 1.38 bits per heavy atom. The Labute approximate surface area is 159 Å². The van der Waals surface area contributed by atoms with Gasteiger partial charge in [-0.15, -0.1) is 0 Å². The second-order valence-electron chi connectivity index (χ2n) is 4.19. The second kappa shape index (κ2) is 11.8. The van der Waals surface area contributed by atoms with Gasteiger partial charge in [-0.25, -0.2) is 0 Å². The summed E-state index contributed by atoms with van der Waals surface area (Å²) in [7, 11) is 3.40. The molecule has 0 atom stereocenters. The van der Waals surface area contributed by atoms with Crippen molar-refractivity contribution >= 4 is 39.9 Å². The van der Waals surface area contributed by atoms with Gasteiger partial charge in [0.25, 0.3) is 0 Å². The molecule has 0 N–H and O–H groups in total. The van der Waals surface area contributed by atoms with Crippen LogP contribution in [0.25, 0.3) is 0 Å². The third-order valence-electron chi connectivity index (χ3n) is 2.86. The average molecular weight is 694 g/mol. The minimum atomic E-state index is -0.0237. The summed E-state index contributed by atoms with van der Waals surface area (Å²) in [6.45, 7) is 0. The molecule has 2 aromatic rings. The molecule has 0 radical (unpaired) electrons. The number of hydrogen-bond acceptors (Lipinski definition) is 2. The first-order valence-electron chi connectivity index (χ1n) is 6.27. The fourth-order valence-electron chi connectivity index (χ4n) is 1.73. The molecule has 2 nitrogen and oxygen atoms in total. The molecule has 0 heterocycles. The summed E-state index contributed by atoms with van der Waals surface area (Å²) in [5.41, 5.74) is 2.83. The molecule has 21 heavy (non-hydrogen) atoms. The predicted octanol–water partition coefficient (Wildman–Crippen LogP) is 3.99. The molecule has 118 valence electrons. The van der Waals surface area contributed by atoms with Gasteiger partial charge in [0.1, 0.15) is 0 Å². The van der Waals surface area contributed by atoms with E-state index in [2.05, 4.69) is 60.5 Å². The number of halogens is 1. The molecule has 0 saturated heterocycles. The van der Waals surface area contributed by atoms with Crippen LogP contribution < -0.4 is 9.47 Å². The van der Waals surface area contributed by atoms with E-state index in [1.165, 1.54) is 20.1 Å². The van der Waals surface area contributed by atoms with Crippen molar-refractivity contribution in [2.24, 2.45) is 0 Å². The van der Waals surface area contributed by atoms with Crippen LogP contribution in [-0.4, -0.2) is 35.1 Å². The van der Waals surface area contributed by atoms with E-state index in [-0.39, 0.29) is 20.9 Å². The molecule has 0 saturated carbocycles. The van der Waals surface area contributed by atoms with Gasteiger partial charge in [0.2, 0.25) is 0 Å². The van der Waals surface area contributed by atoms with Crippen molar-refractivity contribution in [2.45, 2.75) is 8.94 Å².